The Kier molecular flexibility index (Phi) is 6.64. The Hall–Kier alpha value is -4.19. The SMILES string of the molecule is O=C(CCC(=O)c1cn(Cc2ccccc2)c2ccc(C(=O)O)cc12)OCc1ccccc1. The number of hydrogen-bond donors (Lipinski definition) is 1. The van der Waals surface area contributed by atoms with Crippen LogP contribution in [-0.4, -0.2) is 27.4 Å². The number of Topliss-reactive ketones (excluding diaryl/α,β-unsaturated/α-hetero) is 1. The highest BCUT2D eigenvalue weighted by atomic mass is 16.5. The Morgan fingerprint density at radius 1 is 0.818 bits per heavy atom. The third-order valence-electron chi connectivity index (χ3n) is 5.42. The number of aromatic carboxylic acids is 1. The third-order valence-corrected chi connectivity index (χ3v) is 5.42. The first-order valence-electron chi connectivity index (χ1n) is 10.6. The molecular weight excluding hydrogens is 418 g/mol. The average Bonchev–Trinajstić information content (AvgIpc) is 3.20. The van der Waals surface area contributed by atoms with Crippen molar-refractivity contribution < 1.29 is 24.2 Å². The molecule has 166 valence electrons. The van der Waals surface area contributed by atoms with Gasteiger partial charge in [-0.2, -0.15) is 0 Å². The van der Waals surface area contributed by atoms with E-state index in [1.165, 1.54) is 12.1 Å². The van der Waals surface area contributed by atoms with Gasteiger partial charge in [0.05, 0.1) is 12.0 Å². The van der Waals surface area contributed by atoms with Gasteiger partial charge in [0.2, 0.25) is 0 Å². The maximum atomic E-state index is 13.0. The van der Waals surface area contributed by atoms with Crippen molar-refractivity contribution in [1.29, 1.82) is 0 Å². The van der Waals surface area contributed by atoms with Crippen LogP contribution in [-0.2, 0) is 22.7 Å². The van der Waals surface area contributed by atoms with Gasteiger partial charge in [0, 0.05) is 35.6 Å². The van der Waals surface area contributed by atoms with E-state index in [-0.39, 0.29) is 30.8 Å². The zero-order valence-corrected chi connectivity index (χ0v) is 17.9. The predicted molar refractivity (Wildman–Crippen MR) is 124 cm³/mol. The Morgan fingerprint density at radius 3 is 2.15 bits per heavy atom. The predicted octanol–water partition coefficient (Wildman–Crippen LogP) is 5.09. The van der Waals surface area contributed by atoms with Gasteiger partial charge in [-0.15, -0.1) is 0 Å². The summed E-state index contributed by atoms with van der Waals surface area (Å²) < 4.78 is 7.19. The number of rotatable bonds is 9. The Labute approximate surface area is 191 Å². The van der Waals surface area contributed by atoms with Crippen molar-refractivity contribution in [2.45, 2.75) is 26.0 Å². The van der Waals surface area contributed by atoms with Crippen molar-refractivity contribution in [2.75, 3.05) is 0 Å². The van der Waals surface area contributed by atoms with Crippen molar-refractivity contribution in [2.24, 2.45) is 0 Å². The third kappa shape index (κ3) is 5.36. The summed E-state index contributed by atoms with van der Waals surface area (Å²) in [7, 11) is 0. The van der Waals surface area contributed by atoms with Gasteiger partial charge in [-0.25, -0.2) is 4.79 Å². The molecule has 0 saturated heterocycles. The molecule has 4 aromatic rings. The summed E-state index contributed by atoms with van der Waals surface area (Å²) in [6.07, 6.45) is 1.67. The lowest BCUT2D eigenvalue weighted by Gasteiger charge is -2.05. The van der Waals surface area contributed by atoms with Crippen LogP contribution >= 0.6 is 0 Å². The quantitative estimate of drug-likeness (QED) is 0.289. The highest BCUT2D eigenvalue weighted by molar-refractivity contribution is 6.10. The molecule has 0 bridgehead atoms. The van der Waals surface area contributed by atoms with Crippen molar-refractivity contribution in [3.63, 3.8) is 0 Å². The van der Waals surface area contributed by atoms with Crippen LogP contribution in [0.25, 0.3) is 10.9 Å². The maximum absolute atomic E-state index is 13.0. The zero-order chi connectivity index (χ0) is 23.2. The zero-order valence-electron chi connectivity index (χ0n) is 17.9. The van der Waals surface area contributed by atoms with Gasteiger partial charge in [-0.05, 0) is 29.3 Å². The number of carbonyl (C=O) groups excluding carboxylic acids is 2. The molecule has 0 aliphatic heterocycles. The van der Waals surface area contributed by atoms with Gasteiger partial charge in [0.1, 0.15) is 6.61 Å². The number of carbonyl (C=O) groups is 3. The summed E-state index contributed by atoms with van der Waals surface area (Å²) in [6.45, 7) is 0.697. The Morgan fingerprint density at radius 2 is 1.48 bits per heavy atom. The van der Waals surface area contributed by atoms with Crippen molar-refractivity contribution in [1.82, 2.24) is 4.57 Å². The number of ether oxygens (including phenoxy) is 1. The number of nitrogens with zero attached hydrogens (tertiary/aromatic N) is 1. The molecule has 0 fully saturated rings. The van der Waals surface area contributed by atoms with Gasteiger partial charge >= 0.3 is 11.9 Å². The van der Waals surface area contributed by atoms with Crippen LogP contribution in [0.15, 0.2) is 85.1 Å². The number of aromatic nitrogens is 1. The second-order valence-electron chi connectivity index (χ2n) is 7.76. The molecule has 1 aromatic heterocycles. The fraction of sp³-hybridized carbons (Fsp3) is 0.148. The van der Waals surface area contributed by atoms with Crippen molar-refractivity contribution in [3.8, 4) is 0 Å². The lowest BCUT2D eigenvalue weighted by atomic mass is 10.0. The fourth-order valence-corrected chi connectivity index (χ4v) is 3.72. The minimum absolute atomic E-state index is 0.0185. The summed E-state index contributed by atoms with van der Waals surface area (Å²) in [5.74, 6) is -1.74. The highest BCUT2D eigenvalue weighted by Gasteiger charge is 2.18. The number of benzene rings is 3. The number of carboxylic acid groups (broad SMARTS) is 1. The van der Waals surface area contributed by atoms with Crippen LogP contribution in [0.4, 0.5) is 0 Å². The number of ketones is 1. The van der Waals surface area contributed by atoms with Gasteiger partial charge in [-0.1, -0.05) is 60.7 Å². The average molecular weight is 441 g/mol. The Balaban J connectivity index is 1.52. The van der Waals surface area contributed by atoms with Gasteiger partial charge in [0.25, 0.3) is 0 Å². The molecule has 0 saturated carbocycles. The van der Waals surface area contributed by atoms with E-state index in [0.717, 1.165) is 16.6 Å². The molecule has 0 unspecified atom stereocenters. The second-order valence-corrected chi connectivity index (χ2v) is 7.76. The van der Waals surface area contributed by atoms with E-state index in [9.17, 15) is 19.5 Å². The lowest BCUT2D eigenvalue weighted by Crippen LogP contribution is -2.08. The minimum Gasteiger partial charge on any atom is -0.478 e. The van der Waals surface area contributed by atoms with E-state index in [1.54, 1.807) is 12.3 Å². The van der Waals surface area contributed by atoms with Gasteiger partial charge in [-0.3, -0.25) is 9.59 Å². The molecule has 4 rings (SSSR count). The summed E-state index contributed by atoms with van der Waals surface area (Å²) in [5.41, 5.74) is 3.21. The first-order valence-corrected chi connectivity index (χ1v) is 10.6. The van der Waals surface area contributed by atoms with Crippen LogP contribution < -0.4 is 0 Å². The summed E-state index contributed by atoms with van der Waals surface area (Å²) in [4.78, 5) is 36.6. The molecule has 3 aromatic carbocycles. The monoisotopic (exact) mass is 441 g/mol. The molecule has 6 nitrogen and oxygen atoms in total. The first-order chi connectivity index (χ1) is 16.0. The van der Waals surface area contributed by atoms with E-state index >= 15 is 0 Å². The molecule has 1 N–H and O–H groups in total. The van der Waals surface area contributed by atoms with E-state index in [2.05, 4.69) is 0 Å². The lowest BCUT2D eigenvalue weighted by molar-refractivity contribution is -0.144. The minimum atomic E-state index is -1.06. The van der Waals surface area contributed by atoms with Crippen LogP contribution in [0.2, 0.25) is 0 Å². The molecule has 33 heavy (non-hydrogen) atoms. The number of hydrogen-bond acceptors (Lipinski definition) is 4. The second kappa shape index (κ2) is 9.96. The molecule has 0 amide bonds. The van der Waals surface area contributed by atoms with Gasteiger partial charge in [0.15, 0.2) is 5.78 Å². The van der Waals surface area contributed by atoms with Crippen LogP contribution in [0, 0.1) is 0 Å². The highest BCUT2D eigenvalue weighted by Crippen LogP contribution is 2.26. The van der Waals surface area contributed by atoms with Gasteiger partial charge < -0.3 is 14.4 Å². The number of esters is 1. The Bertz CT molecular complexity index is 1290. The topological polar surface area (TPSA) is 85.6 Å². The van der Waals surface area contributed by atoms with E-state index in [1.807, 2.05) is 65.2 Å². The summed E-state index contributed by atoms with van der Waals surface area (Å²) in [6, 6.07) is 23.9. The van der Waals surface area contributed by atoms with Crippen LogP contribution in [0.5, 0.6) is 0 Å². The summed E-state index contributed by atoms with van der Waals surface area (Å²) in [5, 5.41) is 9.96. The fourth-order valence-electron chi connectivity index (χ4n) is 3.72. The molecule has 6 heteroatoms. The van der Waals surface area contributed by atoms with Crippen LogP contribution in [0.1, 0.15) is 44.7 Å². The van der Waals surface area contributed by atoms with E-state index < -0.39 is 11.9 Å². The molecule has 0 aliphatic rings. The normalized spacial score (nSPS) is 10.8. The largest absolute Gasteiger partial charge is 0.478 e. The van der Waals surface area contributed by atoms with Crippen LogP contribution in [0.3, 0.4) is 0 Å². The smallest absolute Gasteiger partial charge is 0.335 e. The molecule has 0 spiro atoms. The number of fused-ring (bicyclic) bond motifs is 1. The standard InChI is InChI=1S/C27H23NO5/c29-25(13-14-26(30)33-18-20-9-5-2-6-10-20)23-17-28(16-19-7-3-1-4-8-19)24-12-11-21(27(31)32)15-22(23)24/h1-12,15,17H,13-14,16,18H2,(H,31,32). The number of carboxylic acids is 1. The molecule has 0 radical (unpaired) electrons. The molecule has 1 heterocycles. The van der Waals surface area contributed by atoms with Crippen molar-refractivity contribution >= 4 is 28.6 Å². The van der Waals surface area contributed by atoms with E-state index in [4.69, 9.17) is 4.74 Å². The van der Waals surface area contributed by atoms with Crippen molar-refractivity contribution in [3.05, 3.63) is 107 Å². The summed E-state index contributed by atoms with van der Waals surface area (Å²) >= 11 is 0. The maximum Gasteiger partial charge on any atom is 0.335 e. The molecule has 0 aliphatic carbocycles. The molecule has 0 atom stereocenters. The molecular formula is C27H23NO5. The first kappa shape index (κ1) is 22.0. The van der Waals surface area contributed by atoms with E-state index in [0.29, 0.717) is 17.5 Å².